The lowest BCUT2D eigenvalue weighted by atomic mass is 9.85. The predicted molar refractivity (Wildman–Crippen MR) is 106 cm³/mol. The van der Waals surface area contributed by atoms with Gasteiger partial charge in [-0.05, 0) is 32.2 Å². The summed E-state index contributed by atoms with van der Waals surface area (Å²) < 4.78 is 42.4. The third kappa shape index (κ3) is 5.45. The summed E-state index contributed by atoms with van der Waals surface area (Å²) in [7, 11) is -4.44. The smallest absolute Gasteiger partial charge is 0.293 e. The molecule has 0 bridgehead atoms. The quantitative estimate of drug-likeness (QED) is 0.300. The average Bonchev–Trinajstić information content (AvgIpc) is 2.79. The van der Waals surface area contributed by atoms with E-state index in [0.29, 0.717) is 17.5 Å². The van der Waals surface area contributed by atoms with Crippen LogP contribution in [0.3, 0.4) is 0 Å². The van der Waals surface area contributed by atoms with E-state index < -0.39 is 13.8 Å². The summed E-state index contributed by atoms with van der Waals surface area (Å²) in [5.41, 5.74) is 2.76. The first-order valence-electron chi connectivity index (χ1n) is 8.96. The molecule has 4 nitrogen and oxygen atoms in total. The summed E-state index contributed by atoms with van der Waals surface area (Å²) in [4.78, 5) is 13.1. The second-order valence-corrected chi connectivity index (χ2v) is 8.44. The molecule has 0 amide bonds. The first kappa shape index (κ1) is 21.1. The number of ketones is 1. The highest BCUT2D eigenvalue weighted by Gasteiger charge is 2.28. The average molecular weight is 416 g/mol. The van der Waals surface area contributed by atoms with Gasteiger partial charge in [0.15, 0.2) is 5.78 Å². The number of rotatable bonds is 9. The number of halogens is 2. The molecular formula is C22H19F2O4P. The third-order valence-electron chi connectivity index (χ3n) is 4.63. The molecule has 0 saturated heterocycles. The van der Waals surface area contributed by atoms with Crippen LogP contribution in [0, 0.1) is 0 Å². The number of carbonyl (C=O) groups excluding carboxylic acids is 1. The van der Waals surface area contributed by atoms with Gasteiger partial charge in [0.05, 0.1) is 12.1 Å². The molecule has 0 aliphatic carbocycles. The molecule has 3 aromatic rings. The van der Waals surface area contributed by atoms with E-state index in [4.69, 9.17) is 0 Å². The molecule has 150 valence electrons. The monoisotopic (exact) mass is 416 g/mol. The molecule has 3 aromatic carbocycles. The minimum atomic E-state index is -4.44. The zero-order valence-electron chi connectivity index (χ0n) is 15.4. The molecule has 0 spiro atoms. The third-order valence-corrected chi connectivity index (χ3v) is 5.80. The maximum Gasteiger partial charge on any atom is 0.399 e. The molecule has 29 heavy (non-hydrogen) atoms. The highest BCUT2D eigenvalue weighted by atomic mass is 31.2. The number of Topliss-reactive ketones (excluding diaryl/α,β-unsaturated/α-hetero) is 1. The van der Waals surface area contributed by atoms with E-state index in [1.807, 2.05) is 48.5 Å². The Bertz CT molecular complexity index is 971. The Labute approximate surface area is 167 Å². The van der Waals surface area contributed by atoms with Gasteiger partial charge in [0, 0.05) is 5.56 Å². The van der Waals surface area contributed by atoms with Crippen molar-refractivity contribution in [2.45, 2.75) is 18.5 Å². The molecule has 1 unspecified atom stereocenters. The normalized spacial score (nSPS) is 12.5. The van der Waals surface area contributed by atoms with Gasteiger partial charge in [-0.2, -0.15) is 0 Å². The van der Waals surface area contributed by atoms with Gasteiger partial charge in [-0.1, -0.05) is 84.9 Å². The second-order valence-electron chi connectivity index (χ2n) is 6.62. The number of carbonyl (C=O) groups is 1. The Morgan fingerprint density at radius 1 is 0.793 bits per heavy atom. The van der Waals surface area contributed by atoms with Crippen LogP contribution in [0.15, 0.2) is 84.9 Å². The topological polar surface area (TPSA) is 52.6 Å². The molecule has 0 aromatic heterocycles. The van der Waals surface area contributed by atoms with Crippen molar-refractivity contribution in [2.75, 3.05) is 0 Å². The summed E-state index contributed by atoms with van der Waals surface area (Å²) in [6, 6.07) is 25.2. The molecule has 7 heteroatoms. The molecule has 0 aliphatic rings. The van der Waals surface area contributed by atoms with Gasteiger partial charge < -0.3 is 0 Å². The minimum absolute atomic E-state index is 0.00189. The van der Waals surface area contributed by atoms with E-state index in [2.05, 4.69) is 9.46 Å². The van der Waals surface area contributed by atoms with Crippen LogP contribution in [0.2, 0.25) is 0 Å². The van der Waals surface area contributed by atoms with Crippen molar-refractivity contribution >= 4 is 13.4 Å². The van der Waals surface area contributed by atoms with Gasteiger partial charge >= 0.3 is 7.60 Å². The lowest BCUT2D eigenvalue weighted by molar-refractivity contribution is -0.0881. The van der Waals surface area contributed by atoms with Crippen molar-refractivity contribution in [3.05, 3.63) is 107 Å². The highest BCUT2D eigenvalue weighted by molar-refractivity contribution is 7.52. The largest absolute Gasteiger partial charge is 0.399 e. The number of benzene rings is 3. The van der Waals surface area contributed by atoms with E-state index in [1.165, 1.54) is 0 Å². The summed E-state index contributed by atoms with van der Waals surface area (Å²) in [5.74, 6) is -0.388. The standard InChI is InChI=1S/C22H19F2O4P/c23-27-29(26,28-24)16-18-13-11-17(12-14-18)15-21(19-7-3-1-4-8-19)22(25)20-9-5-2-6-10-20/h1-14,21H,15-16H2. The van der Waals surface area contributed by atoms with E-state index >= 15 is 0 Å². The van der Waals surface area contributed by atoms with Crippen LogP contribution in [0.4, 0.5) is 9.05 Å². The van der Waals surface area contributed by atoms with Gasteiger partial charge in [-0.3, -0.25) is 9.36 Å². The molecule has 1 atom stereocenters. The van der Waals surface area contributed by atoms with Crippen molar-refractivity contribution in [1.29, 1.82) is 0 Å². The van der Waals surface area contributed by atoms with E-state index in [1.54, 1.807) is 36.4 Å². The molecule has 3 rings (SSSR count). The molecule has 0 fully saturated rings. The Hall–Kier alpha value is -2.66. The highest BCUT2D eigenvalue weighted by Crippen LogP contribution is 2.52. The molecule has 0 radical (unpaired) electrons. The lowest BCUT2D eigenvalue weighted by Crippen LogP contribution is -2.15. The van der Waals surface area contributed by atoms with Crippen LogP contribution in [0.25, 0.3) is 0 Å². The number of hydrogen-bond donors (Lipinski definition) is 0. The SMILES string of the molecule is O=C(c1ccccc1)C(Cc1ccc(CP(=O)(OF)OF)cc1)c1ccccc1. The van der Waals surface area contributed by atoms with Crippen LogP contribution in [0.1, 0.15) is 33.0 Å². The summed E-state index contributed by atoms with van der Waals surface area (Å²) in [6.07, 6.45) is -0.0970. The van der Waals surface area contributed by atoms with E-state index in [-0.39, 0.29) is 11.7 Å². The predicted octanol–water partition coefficient (Wildman–Crippen LogP) is 6.39. The van der Waals surface area contributed by atoms with E-state index in [0.717, 1.165) is 11.1 Å². The second kappa shape index (κ2) is 9.70. The van der Waals surface area contributed by atoms with Crippen molar-refractivity contribution in [2.24, 2.45) is 0 Å². The Balaban J connectivity index is 1.83. The van der Waals surface area contributed by atoms with Gasteiger partial charge in [-0.15, -0.1) is 9.46 Å². The van der Waals surface area contributed by atoms with Crippen molar-refractivity contribution < 1.29 is 27.9 Å². The molecular weight excluding hydrogens is 397 g/mol. The van der Waals surface area contributed by atoms with E-state index in [9.17, 15) is 18.4 Å². The van der Waals surface area contributed by atoms with Gasteiger partial charge in [-0.25, -0.2) is 0 Å². The summed E-state index contributed by atoms with van der Waals surface area (Å²) >= 11 is 0. The van der Waals surface area contributed by atoms with Crippen LogP contribution in [0.5, 0.6) is 0 Å². The van der Waals surface area contributed by atoms with Crippen LogP contribution in [-0.2, 0) is 26.6 Å². The van der Waals surface area contributed by atoms with Crippen LogP contribution >= 0.6 is 7.60 Å². The Kier molecular flexibility index (Phi) is 7.04. The summed E-state index contributed by atoms with van der Waals surface area (Å²) in [6.45, 7) is 0. The summed E-state index contributed by atoms with van der Waals surface area (Å²) in [5, 5.41) is 0. The zero-order valence-corrected chi connectivity index (χ0v) is 16.3. The van der Waals surface area contributed by atoms with Crippen molar-refractivity contribution in [3.8, 4) is 0 Å². The number of hydrogen-bond acceptors (Lipinski definition) is 4. The first-order valence-corrected chi connectivity index (χ1v) is 10.7. The molecule has 0 saturated carbocycles. The Morgan fingerprint density at radius 2 is 1.31 bits per heavy atom. The van der Waals surface area contributed by atoms with Crippen LogP contribution in [-0.4, -0.2) is 5.78 Å². The molecule has 0 aliphatic heterocycles. The fraction of sp³-hybridized carbons (Fsp3) is 0.136. The minimum Gasteiger partial charge on any atom is -0.293 e. The van der Waals surface area contributed by atoms with Crippen molar-refractivity contribution in [3.63, 3.8) is 0 Å². The van der Waals surface area contributed by atoms with Gasteiger partial charge in [0.25, 0.3) is 0 Å². The van der Waals surface area contributed by atoms with Crippen molar-refractivity contribution in [1.82, 2.24) is 0 Å². The van der Waals surface area contributed by atoms with Gasteiger partial charge in [0.1, 0.15) is 0 Å². The molecule has 0 N–H and O–H groups in total. The first-order chi connectivity index (χ1) is 14.0. The maximum atomic E-state index is 13.1. The maximum absolute atomic E-state index is 13.1. The van der Waals surface area contributed by atoms with Crippen LogP contribution < -0.4 is 0 Å². The van der Waals surface area contributed by atoms with Gasteiger partial charge in [0.2, 0.25) is 0 Å². The molecule has 0 heterocycles. The lowest BCUT2D eigenvalue weighted by Gasteiger charge is -2.17. The fourth-order valence-corrected chi connectivity index (χ4v) is 3.93. The fourth-order valence-electron chi connectivity index (χ4n) is 3.15. The zero-order chi connectivity index (χ0) is 20.7. The Morgan fingerprint density at radius 3 is 1.86 bits per heavy atom.